The number of aromatic nitrogens is 3. The van der Waals surface area contributed by atoms with Gasteiger partial charge in [0.1, 0.15) is 0 Å². The van der Waals surface area contributed by atoms with Crippen molar-refractivity contribution in [3.8, 4) is 0 Å². The molecular weight excluding hydrogens is 575 g/mol. The van der Waals surface area contributed by atoms with Gasteiger partial charge in [0.05, 0.1) is 0 Å². The second kappa shape index (κ2) is 27.4. The maximum atomic E-state index is 4.79. The number of rotatable bonds is 21. The lowest BCUT2D eigenvalue weighted by Crippen LogP contribution is -2.24. The fourth-order valence-electron chi connectivity index (χ4n) is 3.49. The highest BCUT2D eigenvalue weighted by atomic mass is 35.5. The molecule has 0 fully saturated rings. The van der Waals surface area contributed by atoms with E-state index in [0.29, 0.717) is 0 Å². The molecule has 36 heavy (non-hydrogen) atoms. The van der Waals surface area contributed by atoms with Gasteiger partial charge in [0.2, 0.25) is 0 Å². The van der Waals surface area contributed by atoms with Crippen LogP contribution in [0.2, 0.25) is 0 Å². The molecule has 0 aromatic carbocycles. The van der Waals surface area contributed by atoms with Crippen LogP contribution in [0.1, 0.15) is 60.8 Å². The molecule has 1 heterocycles. The maximum Gasteiger partial charge on any atom is 0.192 e. The van der Waals surface area contributed by atoms with Gasteiger partial charge in [-0.1, -0.05) is 76.8 Å². The van der Waals surface area contributed by atoms with Crippen molar-refractivity contribution in [3.05, 3.63) is 0 Å². The van der Waals surface area contributed by atoms with Crippen molar-refractivity contribution < 1.29 is 0 Å². The van der Waals surface area contributed by atoms with Gasteiger partial charge in [0.25, 0.3) is 0 Å². The van der Waals surface area contributed by atoms with E-state index in [9.17, 15) is 0 Å². The minimum atomic E-state index is 0. The lowest BCUT2D eigenvalue weighted by molar-refractivity contribution is 0.305. The molecule has 1 rings (SSSR count). The highest BCUT2D eigenvalue weighted by molar-refractivity contribution is 8.00. The van der Waals surface area contributed by atoms with Crippen molar-refractivity contribution in [1.82, 2.24) is 29.7 Å². The van der Waals surface area contributed by atoms with Crippen LogP contribution < -0.4 is 0 Å². The molecular formula is C24H51Cl3N6S3. The predicted octanol–water partition coefficient (Wildman–Crippen LogP) is 6.61. The Hall–Kier alpha value is 0.810. The van der Waals surface area contributed by atoms with Gasteiger partial charge in [0, 0.05) is 17.3 Å². The van der Waals surface area contributed by atoms with Crippen LogP contribution in [0.25, 0.3) is 0 Å². The van der Waals surface area contributed by atoms with Crippen LogP contribution in [0, 0.1) is 0 Å². The Morgan fingerprint density at radius 3 is 0.861 bits per heavy atom. The third kappa shape index (κ3) is 19.0. The first-order valence-corrected chi connectivity index (χ1v) is 15.9. The fourth-order valence-corrected chi connectivity index (χ4v) is 5.94. The molecule has 0 bridgehead atoms. The Bertz CT molecular complexity index is 517. The summed E-state index contributed by atoms with van der Waals surface area (Å²) in [6, 6.07) is 0. The van der Waals surface area contributed by atoms with E-state index in [2.05, 4.69) is 56.2 Å². The zero-order valence-electron chi connectivity index (χ0n) is 23.2. The van der Waals surface area contributed by atoms with Crippen molar-refractivity contribution in [2.24, 2.45) is 0 Å². The number of thioether (sulfide) groups is 3. The molecule has 0 atom stereocenters. The summed E-state index contributed by atoms with van der Waals surface area (Å²) in [6.07, 6.45) is 3.49. The molecule has 6 nitrogen and oxygen atoms in total. The van der Waals surface area contributed by atoms with E-state index in [-0.39, 0.29) is 37.2 Å². The minimum absolute atomic E-state index is 0. The van der Waals surface area contributed by atoms with E-state index in [1.165, 1.54) is 0 Å². The second-order valence-corrected chi connectivity index (χ2v) is 11.1. The Morgan fingerprint density at radius 2 is 0.667 bits per heavy atom. The number of nitrogens with zero attached hydrogens (tertiary/aromatic N) is 6. The van der Waals surface area contributed by atoms with Crippen LogP contribution >= 0.6 is 72.5 Å². The normalized spacial score (nSPS) is 10.9. The summed E-state index contributed by atoms with van der Waals surface area (Å²) in [4.78, 5) is 21.8. The van der Waals surface area contributed by atoms with E-state index in [1.807, 2.05) is 0 Å². The van der Waals surface area contributed by atoms with Crippen LogP contribution in [0.5, 0.6) is 0 Å². The summed E-state index contributed by atoms with van der Waals surface area (Å²) in [7, 11) is 0. The van der Waals surface area contributed by atoms with Crippen LogP contribution in [-0.4, -0.2) is 106 Å². The van der Waals surface area contributed by atoms with Gasteiger partial charge in [-0.2, -0.15) is 15.0 Å². The van der Waals surface area contributed by atoms with Crippen LogP contribution in [0.3, 0.4) is 0 Å². The zero-order valence-corrected chi connectivity index (χ0v) is 28.1. The Morgan fingerprint density at radius 1 is 0.444 bits per heavy atom. The monoisotopic (exact) mass is 624 g/mol. The number of halogens is 3. The van der Waals surface area contributed by atoms with Crippen molar-refractivity contribution in [2.45, 2.75) is 76.3 Å². The number of hydrogen-bond acceptors (Lipinski definition) is 9. The van der Waals surface area contributed by atoms with Crippen molar-refractivity contribution >= 4 is 72.5 Å². The molecule has 0 amide bonds. The smallest absolute Gasteiger partial charge is 0.192 e. The quantitative estimate of drug-likeness (QED) is 0.111. The SMILES string of the molecule is CCN(CC)CCCSc1nc(SCCCN(CC)CC)nc(SCCCN(CC)CC)n1.Cl.Cl.Cl. The third-order valence-corrected chi connectivity index (χ3v) is 8.61. The van der Waals surface area contributed by atoms with Gasteiger partial charge >= 0.3 is 0 Å². The molecule has 1 aromatic heterocycles. The van der Waals surface area contributed by atoms with Gasteiger partial charge in [-0.25, -0.2) is 0 Å². The molecule has 12 heteroatoms. The van der Waals surface area contributed by atoms with Crippen molar-refractivity contribution in [1.29, 1.82) is 0 Å². The molecule has 0 aliphatic heterocycles. The average molecular weight is 626 g/mol. The Labute approximate surface area is 253 Å². The largest absolute Gasteiger partial charge is 0.304 e. The third-order valence-electron chi connectivity index (χ3n) is 5.81. The molecule has 0 spiro atoms. The van der Waals surface area contributed by atoms with Gasteiger partial charge < -0.3 is 14.7 Å². The lowest BCUT2D eigenvalue weighted by Gasteiger charge is -2.17. The molecule has 0 saturated carbocycles. The predicted molar refractivity (Wildman–Crippen MR) is 171 cm³/mol. The second-order valence-electron chi connectivity index (χ2n) is 7.87. The first-order chi connectivity index (χ1) is 16.1. The highest BCUT2D eigenvalue weighted by Crippen LogP contribution is 2.24. The summed E-state index contributed by atoms with van der Waals surface area (Å²) in [6.45, 7) is 23.5. The van der Waals surface area contributed by atoms with E-state index < -0.39 is 0 Å². The summed E-state index contributed by atoms with van der Waals surface area (Å²) < 4.78 is 0. The lowest BCUT2D eigenvalue weighted by atomic mass is 10.4. The minimum Gasteiger partial charge on any atom is -0.304 e. The molecule has 0 N–H and O–H groups in total. The molecule has 0 unspecified atom stereocenters. The van der Waals surface area contributed by atoms with E-state index >= 15 is 0 Å². The van der Waals surface area contributed by atoms with E-state index in [4.69, 9.17) is 15.0 Å². The van der Waals surface area contributed by atoms with E-state index in [0.717, 1.165) is 111 Å². The molecule has 0 saturated heterocycles. The van der Waals surface area contributed by atoms with Crippen LogP contribution in [0.4, 0.5) is 0 Å². The first-order valence-electron chi connectivity index (χ1n) is 12.9. The molecule has 0 aliphatic carbocycles. The van der Waals surface area contributed by atoms with Gasteiger partial charge in [-0.3, -0.25) is 0 Å². The van der Waals surface area contributed by atoms with Crippen LogP contribution in [0.15, 0.2) is 15.5 Å². The molecule has 0 radical (unpaired) electrons. The molecule has 0 aliphatic rings. The summed E-state index contributed by atoms with van der Waals surface area (Å²) >= 11 is 5.35. The average Bonchev–Trinajstić information content (AvgIpc) is 2.84. The van der Waals surface area contributed by atoms with Crippen molar-refractivity contribution in [2.75, 3.05) is 76.2 Å². The summed E-state index contributed by atoms with van der Waals surface area (Å²) in [5.41, 5.74) is 0. The van der Waals surface area contributed by atoms with Crippen LogP contribution in [-0.2, 0) is 0 Å². The molecule has 1 aromatic rings. The maximum absolute atomic E-state index is 4.79. The highest BCUT2D eigenvalue weighted by Gasteiger charge is 2.10. The fraction of sp³-hybridized carbons (Fsp3) is 0.875. The zero-order chi connectivity index (χ0) is 24.3. The van der Waals surface area contributed by atoms with E-state index in [1.54, 1.807) is 35.3 Å². The van der Waals surface area contributed by atoms with Crippen molar-refractivity contribution in [3.63, 3.8) is 0 Å². The van der Waals surface area contributed by atoms with Gasteiger partial charge in [-0.05, 0) is 78.2 Å². The summed E-state index contributed by atoms with van der Waals surface area (Å²) in [5.74, 6) is 3.16. The van der Waals surface area contributed by atoms with Gasteiger partial charge in [0.15, 0.2) is 15.5 Å². The number of hydrogen-bond donors (Lipinski definition) is 0. The Kier molecular flexibility index (Phi) is 31.4. The first kappa shape index (κ1) is 41.3. The molecule has 216 valence electrons. The summed E-state index contributed by atoms with van der Waals surface area (Å²) in [5, 5.41) is 2.67. The standard InChI is InChI=1S/C24H48N6S3.3ClH/c1-7-28(8-2)16-13-19-31-22-25-23(32-20-14-17-29(9-3)10-4)27-24(26-22)33-21-15-18-30(11-5)12-6;;;/h7-21H2,1-6H3;3*1H. The van der Waals surface area contributed by atoms with Gasteiger partial charge in [-0.15, -0.1) is 37.2 Å². The topological polar surface area (TPSA) is 48.4 Å². The Balaban J connectivity index is -0.00000363.